The van der Waals surface area contributed by atoms with Gasteiger partial charge in [0.25, 0.3) is 0 Å². The van der Waals surface area contributed by atoms with Crippen molar-refractivity contribution in [3.8, 4) is 0 Å². The Bertz CT molecular complexity index is 399. The lowest BCUT2D eigenvalue weighted by Crippen LogP contribution is -2.34. The van der Waals surface area contributed by atoms with Gasteiger partial charge in [0, 0.05) is 42.9 Å². The number of nitrogens with zero attached hydrogens (tertiary/aromatic N) is 1. The van der Waals surface area contributed by atoms with Gasteiger partial charge < -0.3 is 20.1 Å². The number of halogens is 1. The molecule has 0 fully saturated rings. The molecule has 114 valence electrons. The molecule has 0 bridgehead atoms. The van der Waals surface area contributed by atoms with Crippen LogP contribution in [0.5, 0.6) is 0 Å². The molecule has 4 nitrogen and oxygen atoms in total. The molecule has 0 amide bonds. The average molecular weight is 345 g/mol. The van der Waals surface area contributed by atoms with Gasteiger partial charge in [0.05, 0.1) is 13.2 Å². The van der Waals surface area contributed by atoms with Gasteiger partial charge in [0.15, 0.2) is 0 Å². The molecule has 0 heterocycles. The zero-order valence-electron chi connectivity index (χ0n) is 12.5. The molecule has 1 aromatic carbocycles. The quantitative estimate of drug-likeness (QED) is 0.675. The molecule has 0 saturated carbocycles. The van der Waals surface area contributed by atoms with Crippen LogP contribution < -0.4 is 10.2 Å². The summed E-state index contributed by atoms with van der Waals surface area (Å²) in [7, 11) is 1.70. The van der Waals surface area contributed by atoms with Gasteiger partial charge in [-0.05, 0) is 37.6 Å². The van der Waals surface area contributed by atoms with E-state index in [4.69, 9.17) is 4.74 Å². The first-order chi connectivity index (χ1) is 9.60. The number of nitrogens with one attached hydrogen (secondary N) is 1. The summed E-state index contributed by atoms with van der Waals surface area (Å²) >= 11 is 3.52. The van der Waals surface area contributed by atoms with Crippen molar-refractivity contribution in [1.29, 1.82) is 0 Å². The van der Waals surface area contributed by atoms with Gasteiger partial charge in [-0.2, -0.15) is 0 Å². The molecule has 0 spiro atoms. The zero-order chi connectivity index (χ0) is 15.0. The first-order valence-electron chi connectivity index (χ1n) is 6.95. The minimum atomic E-state index is 0.158. The van der Waals surface area contributed by atoms with Crippen LogP contribution in [-0.4, -0.2) is 44.6 Å². The molecule has 0 unspecified atom stereocenters. The summed E-state index contributed by atoms with van der Waals surface area (Å²) in [4.78, 5) is 2.22. The normalized spacial score (nSPS) is 11.1. The average Bonchev–Trinajstić information content (AvgIpc) is 2.41. The van der Waals surface area contributed by atoms with Crippen molar-refractivity contribution < 1.29 is 9.84 Å². The molecule has 0 aliphatic heterocycles. The molecule has 0 aromatic heterocycles. The Hall–Kier alpha value is -0.620. The first kappa shape index (κ1) is 17.4. The Labute approximate surface area is 130 Å². The van der Waals surface area contributed by atoms with E-state index in [9.17, 15) is 5.11 Å². The van der Waals surface area contributed by atoms with Crippen molar-refractivity contribution in [3.63, 3.8) is 0 Å². The zero-order valence-corrected chi connectivity index (χ0v) is 14.1. The van der Waals surface area contributed by atoms with Gasteiger partial charge >= 0.3 is 0 Å². The summed E-state index contributed by atoms with van der Waals surface area (Å²) in [6.07, 6.45) is 0. The fourth-order valence-corrected chi connectivity index (χ4v) is 2.55. The number of ether oxygens (including phenoxy) is 1. The SMILES string of the molecule is COCCNCc1cc(Br)ccc1N(CCO)C(C)C. The lowest BCUT2D eigenvalue weighted by Gasteiger charge is -2.30. The highest BCUT2D eigenvalue weighted by atomic mass is 79.9. The Kier molecular flexibility index (Phi) is 8.14. The number of hydrogen-bond acceptors (Lipinski definition) is 4. The summed E-state index contributed by atoms with van der Waals surface area (Å²) < 4.78 is 6.11. The van der Waals surface area contributed by atoms with Gasteiger partial charge in [0.1, 0.15) is 0 Å². The molecular weight excluding hydrogens is 320 g/mol. The summed E-state index contributed by atoms with van der Waals surface area (Å²) in [5.74, 6) is 0. The Morgan fingerprint density at radius 3 is 2.75 bits per heavy atom. The Balaban J connectivity index is 2.87. The van der Waals surface area contributed by atoms with E-state index in [1.807, 2.05) is 6.07 Å². The first-order valence-corrected chi connectivity index (χ1v) is 7.75. The van der Waals surface area contributed by atoms with Crippen LogP contribution in [0, 0.1) is 0 Å². The molecule has 0 aliphatic carbocycles. The van der Waals surface area contributed by atoms with Gasteiger partial charge in [-0.1, -0.05) is 15.9 Å². The molecule has 0 atom stereocenters. The van der Waals surface area contributed by atoms with Crippen molar-refractivity contribution in [2.75, 3.05) is 38.3 Å². The predicted octanol–water partition coefficient (Wildman–Crippen LogP) is 2.39. The standard InChI is InChI=1S/C15H25BrN2O2/c1-12(2)18(7-8-19)15-5-4-14(16)10-13(15)11-17-6-9-20-3/h4-5,10,12,17,19H,6-9,11H2,1-3H3. The number of methoxy groups -OCH3 is 1. The van der Waals surface area contributed by atoms with Crippen LogP contribution in [0.4, 0.5) is 5.69 Å². The third-order valence-electron chi connectivity index (χ3n) is 3.11. The summed E-state index contributed by atoms with van der Waals surface area (Å²) in [6.45, 7) is 7.39. The molecule has 5 heteroatoms. The number of aliphatic hydroxyl groups is 1. The summed E-state index contributed by atoms with van der Waals surface area (Å²) in [5, 5.41) is 12.6. The number of anilines is 1. The maximum atomic E-state index is 9.26. The van der Waals surface area contributed by atoms with Crippen LogP contribution in [0.25, 0.3) is 0 Å². The highest BCUT2D eigenvalue weighted by molar-refractivity contribution is 9.10. The maximum absolute atomic E-state index is 9.26. The highest BCUT2D eigenvalue weighted by Crippen LogP contribution is 2.26. The van der Waals surface area contributed by atoms with E-state index >= 15 is 0 Å². The smallest absolute Gasteiger partial charge is 0.0606 e. The maximum Gasteiger partial charge on any atom is 0.0606 e. The minimum absolute atomic E-state index is 0.158. The molecule has 2 N–H and O–H groups in total. The molecular formula is C15H25BrN2O2. The van der Waals surface area contributed by atoms with Crippen LogP contribution in [-0.2, 0) is 11.3 Å². The van der Waals surface area contributed by atoms with Crippen molar-refractivity contribution in [1.82, 2.24) is 5.32 Å². The van der Waals surface area contributed by atoms with E-state index in [1.54, 1.807) is 7.11 Å². The van der Waals surface area contributed by atoms with Gasteiger partial charge in [0.2, 0.25) is 0 Å². The van der Waals surface area contributed by atoms with E-state index < -0.39 is 0 Å². The van der Waals surface area contributed by atoms with Crippen molar-refractivity contribution in [2.24, 2.45) is 0 Å². The second-order valence-corrected chi connectivity index (χ2v) is 5.87. The second-order valence-electron chi connectivity index (χ2n) is 4.95. The van der Waals surface area contributed by atoms with Crippen LogP contribution in [0.3, 0.4) is 0 Å². The lowest BCUT2D eigenvalue weighted by atomic mass is 10.1. The second kappa shape index (κ2) is 9.34. The third kappa shape index (κ3) is 5.40. The van der Waals surface area contributed by atoms with Gasteiger partial charge in [-0.25, -0.2) is 0 Å². The predicted molar refractivity (Wildman–Crippen MR) is 87.3 cm³/mol. The lowest BCUT2D eigenvalue weighted by molar-refractivity contribution is 0.199. The summed E-state index contributed by atoms with van der Waals surface area (Å²) in [6, 6.07) is 6.62. The topological polar surface area (TPSA) is 44.7 Å². The molecule has 0 saturated heterocycles. The van der Waals surface area contributed by atoms with E-state index in [1.165, 1.54) is 11.3 Å². The number of rotatable bonds is 9. The molecule has 1 rings (SSSR count). The minimum Gasteiger partial charge on any atom is -0.395 e. The fourth-order valence-electron chi connectivity index (χ4n) is 2.14. The van der Waals surface area contributed by atoms with E-state index in [-0.39, 0.29) is 6.61 Å². The Morgan fingerprint density at radius 2 is 2.15 bits per heavy atom. The summed E-state index contributed by atoms with van der Waals surface area (Å²) in [5.41, 5.74) is 2.39. The van der Waals surface area contributed by atoms with E-state index in [0.29, 0.717) is 19.2 Å². The van der Waals surface area contributed by atoms with E-state index in [0.717, 1.165) is 17.6 Å². The fraction of sp³-hybridized carbons (Fsp3) is 0.600. The largest absolute Gasteiger partial charge is 0.395 e. The number of aliphatic hydroxyl groups excluding tert-OH is 1. The van der Waals surface area contributed by atoms with Crippen molar-refractivity contribution in [3.05, 3.63) is 28.2 Å². The third-order valence-corrected chi connectivity index (χ3v) is 3.61. The van der Waals surface area contributed by atoms with Gasteiger partial charge in [-0.3, -0.25) is 0 Å². The Morgan fingerprint density at radius 1 is 1.40 bits per heavy atom. The molecule has 0 radical (unpaired) electrons. The molecule has 1 aromatic rings. The van der Waals surface area contributed by atoms with Crippen molar-refractivity contribution >= 4 is 21.6 Å². The van der Waals surface area contributed by atoms with Crippen LogP contribution in [0.2, 0.25) is 0 Å². The highest BCUT2D eigenvalue weighted by Gasteiger charge is 2.14. The van der Waals surface area contributed by atoms with Crippen LogP contribution >= 0.6 is 15.9 Å². The van der Waals surface area contributed by atoms with Gasteiger partial charge in [-0.15, -0.1) is 0 Å². The van der Waals surface area contributed by atoms with E-state index in [2.05, 4.69) is 52.1 Å². The molecule has 0 aliphatic rings. The molecule has 20 heavy (non-hydrogen) atoms. The number of benzene rings is 1. The van der Waals surface area contributed by atoms with Crippen LogP contribution in [0.1, 0.15) is 19.4 Å². The number of hydrogen-bond donors (Lipinski definition) is 2. The van der Waals surface area contributed by atoms with Crippen molar-refractivity contribution in [2.45, 2.75) is 26.4 Å². The van der Waals surface area contributed by atoms with Crippen LogP contribution in [0.15, 0.2) is 22.7 Å². The monoisotopic (exact) mass is 344 g/mol.